The van der Waals surface area contributed by atoms with Crippen LogP contribution in [0.5, 0.6) is 0 Å². The third-order valence-electron chi connectivity index (χ3n) is 6.32. The molecule has 2 aromatic carbocycles. The van der Waals surface area contributed by atoms with Crippen LogP contribution >= 0.6 is 0 Å². The van der Waals surface area contributed by atoms with Gasteiger partial charge in [-0.25, -0.2) is 0 Å². The van der Waals surface area contributed by atoms with Gasteiger partial charge in [-0.1, -0.05) is 157 Å². The number of benzene rings is 2. The number of unbranched alkanes of at least 4 members (excludes halogenated alkanes) is 14. The van der Waals surface area contributed by atoms with Gasteiger partial charge in [-0.3, -0.25) is 0 Å². The zero-order valence-corrected chi connectivity index (χ0v) is 21.6. The van der Waals surface area contributed by atoms with Crippen LogP contribution < -0.4 is 0 Å². The molecule has 176 valence electrons. The molecule has 0 unspecified atom stereocenters. The first-order valence-electron chi connectivity index (χ1n) is 13.4. The second-order valence-electron chi connectivity index (χ2n) is 9.17. The topological polar surface area (TPSA) is 9.23 Å². The summed E-state index contributed by atoms with van der Waals surface area (Å²) in [5, 5.41) is 0. The van der Waals surface area contributed by atoms with Crippen LogP contribution in [0.3, 0.4) is 0 Å². The van der Waals surface area contributed by atoms with Crippen LogP contribution in [-0.4, -0.2) is 16.4 Å². The maximum atomic E-state index is 6.15. The van der Waals surface area contributed by atoms with Gasteiger partial charge >= 0.3 is 0 Å². The average molecular weight is 451 g/mol. The summed E-state index contributed by atoms with van der Waals surface area (Å²) in [7, 11) is 0.489. The Morgan fingerprint density at radius 1 is 0.531 bits per heavy atom. The molecule has 0 N–H and O–H groups in total. The Morgan fingerprint density at radius 3 is 1.31 bits per heavy atom. The summed E-state index contributed by atoms with van der Waals surface area (Å²) in [5.74, 6) is 0. The van der Waals surface area contributed by atoms with Crippen molar-refractivity contribution in [1.29, 1.82) is 0 Å². The third kappa shape index (κ3) is 12.6. The molecule has 0 amide bonds. The summed E-state index contributed by atoms with van der Waals surface area (Å²) in [6.45, 7) is 3.19. The molecule has 0 aliphatic rings. The minimum absolute atomic E-state index is 0.355. The van der Waals surface area contributed by atoms with E-state index in [1.54, 1.807) is 0 Å². The Labute approximate surface area is 201 Å². The van der Waals surface area contributed by atoms with Gasteiger partial charge in [-0.2, -0.15) is 0 Å². The van der Waals surface area contributed by atoms with Gasteiger partial charge in [0.15, 0.2) is 0 Å². The van der Waals surface area contributed by atoms with Crippen molar-refractivity contribution in [2.24, 2.45) is 0 Å². The largest absolute Gasteiger partial charge is 0.416 e. The molecular weight excluding hydrogens is 404 g/mol. The molecule has 0 aromatic heterocycles. The molecule has 0 fully saturated rings. The number of hydrogen-bond donors (Lipinski definition) is 0. The van der Waals surface area contributed by atoms with Crippen LogP contribution in [0.4, 0.5) is 0 Å². The number of rotatable bonds is 20. The van der Waals surface area contributed by atoms with Gasteiger partial charge in [0, 0.05) is 12.1 Å². The fourth-order valence-corrected chi connectivity index (χ4v) is 5.39. The lowest BCUT2D eigenvalue weighted by molar-refractivity contribution is 0.317. The van der Waals surface area contributed by atoms with Gasteiger partial charge in [0.2, 0.25) is 9.76 Å². The minimum Gasteiger partial charge on any atom is -0.416 e. The Balaban J connectivity index is 1.44. The fourth-order valence-electron chi connectivity index (χ4n) is 4.31. The van der Waals surface area contributed by atoms with Crippen LogP contribution in [0, 0.1) is 0 Å². The van der Waals surface area contributed by atoms with Gasteiger partial charge in [0.1, 0.15) is 0 Å². The Hall–Kier alpha value is -1.38. The van der Waals surface area contributed by atoms with Crippen molar-refractivity contribution < 1.29 is 4.43 Å². The Kier molecular flexibility index (Phi) is 16.1. The predicted molar refractivity (Wildman–Crippen MR) is 141 cm³/mol. The summed E-state index contributed by atoms with van der Waals surface area (Å²) in [5.41, 5.74) is 3.07. The first-order valence-corrected chi connectivity index (χ1v) is 14.4. The monoisotopic (exact) mass is 450 g/mol. The van der Waals surface area contributed by atoms with Crippen LogP contribution in [0.2, 0.25) is 0 Å². The predicted octanol–water partition coefficient (Wildman–Crippen LogP) is 9.28. The summed E-state index contributed by atoms with van der Waals surface area (Å²) < 4.78 is 6.15. The lowest BCUT2D eigenvalue weighted by Crippen LogP contribution is -2.14. The first kappa shape index (κ1) is 26.9. The third-order valence-corrected chi connectivity index (χ3v) is 7.59. The van der Waals surface area contributed by atoms with E-state index in [-0.39, 0.29) is 0 Å². The van der Waals surface area contributed by atoms with E-state index < -0.39 is 0 Å². The second-order valence-corrected chi connectivity index (χ2v) is 10.3. The van der Waals surface area contributed by atoms with Crippen LogP contribution in [0.15, 0.2) is 60.7 Å². The van der Waals surface area contributed by atoms with E-state index in [9.17, 15) is 0 Å². The fraction of sp³-hybridized carbons (Fsp3) is 0.600. The molecule has 0 aliphatic heterocycles. The van der Waals surface area contributed by atoms with Crippen molar-refractivity contribution in [3.05, 3.63) is 71.8 Å². The Morgan fingerprint density at radius 2 is 0.906 bits per heavy atom. The standard InChI is InChI=1S/C30H46OSi/c1-2-3-4-5-6-7-8-9-10-11-12-13-14-15-22-27-31-32-30(28-23-18-16-19-24-28)29-25-20-17-21-26-29/h16-21,23-26,30H,2-15,22,27H2,1H3. The van der Waals surface area contributed by atoms with E-state index in [1.165, 1.54) is 107 Å². The van der Waals surface area contributed by atoms with Crippen LogP contribution in [0.25, 0.3) is 0 Å². The molecule has 2 aromatic rings. The number of hydrogen-bond acceptors (Lipinski definition) is 1. The van der Waals surface area contributed by atoms with Gasteiger partial charge in [0.05, 0.1) is 0 Å². The van der Waals surface area contributed by atoms with Crippen molar-refractivity contribution in [3.8, 4) is 0 Å². The zero-order valence-electron chi connectivity index (χ0n) is 20.6. The van der Waals surface area contributed by atoms with E-state index in [1.807, 2.05) is 0 Å². The molecule has 2 radical (unpaired) electrons. The molecule has 0 atom stereocenters. The minimum atomic E-state index is 0.355. The van der Waals surface area contributed by atoms with Crippen molar-refractivity contribution in [2.75, 3.05) is 6.61 Å². The molecule has 0 spiro atoms. The normalized spacial score (nSPS) is 11.3. The van der Waals surface area contributed by atoms with Crippen molar-refractivity contribution in [2.45, 2.75) is 109 Å². The van der Waals surface area contributed by atoms with Gasteiger partial charge in [-0.15, -0.1) is 0 Å². The van der Waals surface area contributed by atoms with Crippen molar-refractivity contribution in [3.63, 3.8) is 0 Å². The zero-order chi connectivity index (χ0) is 22.5. The highest BCUT2D eigenvalue weighted by Gasteiger charge is 2.16. The van der Waals surface area contributed by atoms with Crippen molar-refractivity contribution in [1.82, 2.24) is 0 Å². The molecule has 1 nitrogen and oxygen atoms in total. The molecule has 0 aliphatic carbocycles. The highest BCUT2D eigenvalue weighted by molar-refractivity contribution is 6.31. The molecule has 0 heterocycles. The molecule has 0 saturated carbocycles. The maximum absolute atomic E-state index is 6.15. The summed E-state index contributed by atoms with van der Waals surface area (Å²) in [4.78, 5) is 0. The van der Waals surface area contributed by atoms with E-state index >= 15 is 0 Å². The van der Waals surface area contributed by atoms with Crippen LogP contribution in [-0.2, 0) is 4.43 Å². The van der Waals surface area contributed by atoms with E-state index in [0.717, 1.165) is 6.61 Å². The molecule has 2 rings (SSSR count). The Bertz CT molecular complexity index is 603. The second kappa shape index (κ2) is 19.1. The quantitative estimate of drug-likeness (QED) is 0.144. The lowest BCUT2D eigenvalue weighted by Gasteiger charge is -2.16. The van der Waals surface area contributed by atoms with E-state index in [0.29, 0.717) is 15.3 Å². The van der Waals surface area contributed by atoms with Gasteiger partial charge < -0.3 is 4.43 Å². The summed E-state index contributed by atoms with van der Waals surface area (Å²) in [6, 6.07) is 21.6. The molecule has 2 heteroatoms. The van der Waals surface area contributed by atoms with Gasteiger partial charge in [-0.05, 0) is 17.5 Å². The lowest BCUT2D eigenvalue weighted by atomic mass is 10.0. The summed E-state index contributed by atoms with van der Waals surface area (Å²) in [6.07, 6.45) is 21.1. The van der Waals surface area contributed by atoms with Gasteiger partial charge in [0.25, 0.3) is 0 Å². The maximum Gasteiger partial charge on any atom is 0.242 e. The smallest absolute Gasteiger partial charge is 0.242 e. The molecule has 32 heavy (non-hydrogen) atoms. The molecule has 0 bridgehead atoms. The molecular formula is C30H46OSi. The highest BCUT2D eigenvalue weighted by Crippen LogP contribution is 2.23. The summed E-state index contributed by atoms with van der Waals surface area (Å²) >= 11 is 0. The van der Waals surface area contributed by atoms with Crippen molar-refractivity contribution >= 4 is 9.76 Å². The first-order chi connectivity index (χ1) is 15.9. The SMILES string of the molecule is CCCCCCCCCCCCCCCCCO[Si]C(c1ccccc1)c1ccccc1. The van der Waals surface area contributed by atoms with E-state index in [2.05, 4.69) is 67.6 Å². The average Bonchev–Trinajstić information content (AvgIpc) is 2.84. The van der Waals surface area contributed by atoms with Crippen LogP contribution in [0.1, 0.15) is 120 Å². The highest BCUT2D eigenvalue weighted by atomic mass is 28.2. The molecule has 0 saturated heterocycles. The van der Waals surface area contributed by atoms with E-state index in [4.69, 9.17) is 4.43 Å².